The van der Waals surface area contributed by atoms with E-state index in [2.05, 4.69) is 11.4 Å². The minimum atomic E-state index is -0.556. The highest BCUT2D eigenvalue weighted by Crippen LogP contribution is 2.29. The van der Waals surface area contributed by atoms with Crippen LogP contribution in [0.5, 0.6) is 0 Å². The van der Waals surface area contributed by atoms with E-state index in [0.29, 0.717) is 0 Å². The van der Waals surface area contributed by atoms with Gasteiger partial charge in [0.1, 0.15) is 5.54 Å². The molecule has 0 bridgehead atoms. The molecule has 0 aromatic heterocycles. The normalized spacial score (nSPS) is 18.8. The van der Waals surface area contributed by atoms with Crippen LogP contribution in [0.15, 0.2) is 0 Å². The first kappa shape index (κ1) is 12.0. The van der Waals surface area contributed by atoms with Crippen LogP contribution in [0.1, 0.15) is 52.4 Å². The predicted molar refractivity (Wildman–Crippen MR) is 59.0 cm³/mol. The van der Waals surface area contributed by atoms with Crippen LogP contribution in [-0.4, -0.2) is 11.4 Å². The van der Waals surface area contributed by atoms with Gasteiger partial charge in [-0.05, 0) is 38.5 Å². The Hall–Kier alpha value is -1.04. The molecule has 0 heterocycles. The van der Waals surface area contributed by atoms with Crippen molar-refractivity contribution in [3.63, 3.8) is 0 Å². The van der Waals surface area contributed by atoms with Gasteiger partial charge in [0.25, 0.3) is 0 Å². The third kappa shape index (κ3) is 2.71. The van der Waals surface area contributed by atoms with E-state index < -0.39 is 5.54 Å². The lowest BCUT2D eigenvalue weighted by atomic mass is 9.96. The molecular formula is C12H20N2O. The molecule has 0 spiro atoms. The highest BCUT2D eigenvalue weighted by Gasteiger charge is 2.36. The fourth-order valence-electron chi connectivity index (χ4n) is 2.24. The molecule has 0 radical (unpaired) electrons. The number of carbonyl (C=O) groups is 1. The second-order valence-corrected chi connectivity index (χ2v) is 4.40. The van der Waals surface area contributed by atoms with Crippen LogP contribution in [0.3, 0.4) is 0 Å². The largest absolute Gasteiger partial charge is 0.338 e. The Balaban J connectivity index is 2.60. The number of hydrogen-bond donors (Lipinski definition) is 1. The highest BCUT2D eigenvalue weighted by molar-refractivity contribution is 5.79. The Kier molecular flexibility index (Phi) is 4.14. The summed E-state index contributed by atoms with van der Waals surface area (Å²) in [5.41, 5.74) is -0.556. The first-order chi connectivity index (χ1) is 7.17. The Bertz CT molecular complexity index is 257. The molecule has 0 aliphatic heterocycles. The van der Waals surface area contributed by atoms with E-state index in [9.17, 15) is 4.79 Å². The number of carbonyl (C=O) groups excluding carboxylic acids is 1. The fraction of sp³-hybridized carbons (Fsp3) is 0.833. The molecule has 1 rings (SSSR count). The third-order valence-corrected chi connectivity index (χ3v) is 3.39. The molecule has 1 aliphatic rings. The average molecular weight is 208 g/mol. The van der Waals surface area contributed by atoms with Crippen molar-refractivity contribution < 1.29 is 4.79 Å². The SMILES string of the molecule is CCC(CC)C(=O)NC1(C#N)CCCC1. The van der Waals surface area contributed by atoms with Crippen LogP contribution >= 0.6 is 0 Å². The molecule has 0 unspecified atom stereocenters. The maximum atomic E-state index is 11.9. The van der Waals surface area contributed by atoms with Gasteiger partial charge in [-0.15, -0.1) is 0 Å². The van der Waals surface area contributed by atoms with Gasteiger partial charge in [-0.2, -0.15) is 5.26 Å². The van der Waals surface area contributed by atoms with Crippen LogP contribution in [0.25, 0.3) is 0 Å². The van der Waals surface area contributed by atoms with Crippen molar-refractivity contribution in [2.24, 2.45) is 5.92 Å². The van der Waals surface area contributed by atoms with E-state index in [-0.39, 0.29) is 11.8 Å². The first-order valence-electron chi connectivity index (χ1n) is 5.90. The molecule has 0 aromatic carbocycles. The molecule has 84 valence electrons. The second kappa shape index (κ2) is 5.16. The Morgan fingerprint density at radius 1 is 1.40 bits per heavy atom. The summed E-state index contributed by atoms with van der Waals surface area (Å²) in [6.07, 6.45) is 5.44. The molecular weight excluding hydrogens is 188 g/mol. The molecule has 15 heavy (non-hydrogen) atoms. The van der Waals surface area contributed by atoms with Crippen molar-refractivity contribution in [1.82, 2.24) is 5.32 Å². The smallest absolute Gasteiger partial charge is 0.224 e. The molecule has 3 nitrogen and oxygen atoms in total. The maximum Gasteiger partial charge on any atom is 0.224 e. The highest BCUT2D eigenvalue weighted by atomic mass is 16.2. The van der Waals surface area contributed by atoms with Gasteiger partial charge < -0.3 is 5.32 Å². The standard InChI is InChI=1S/C12H20N2O/c1-3-10(4-2)11(15)14-12(9-13)7-5-6-8-12/h10H,3-8H2,1-2H3,(H,14,15). The molecule has 1 aliphatic carbocycles. The van der Waals surface area contributed by atoms with Crippen molar-refractivity contribution in [1.29, 1.82) is 5.26 Å². The van der Waals surface area contributed by atoms with Gasteiger partial charge in [0, 0.05) is 5.92 Å². The lowest BCUT2D eigenvalue weighted by molar-refractivity contribution is -0.126. The molecule has 3 heteroatoms. The zero-order valence-corrected chi connectivity index (χ0v) is 9.68. The summed E-state index contributed by atoms with van der Waals surface area (Å²) in [5, 5.41) is 12.1. The maximum absolute atomic E-state index is 11.9. The van der Waals surface area contributed by atoms with Crippen molar-refractivity contribution in [3.05, 3.63) is 0 Å². The van der Waals surface area contributed by atoms with Crippen LogP contribution < -0.4 is 5.32 Å². The minimum absolute atomic E-state index is 0.0588. The molecule has 0 aromatic rings. The fourth-order valence-corrected chi connectivity index (χ4v) is 2.24. The van der Waals surface area contributed by atoms with Gasteiger partial charge in [0.15, 0.2) is 0 Å². The molecule has 1 N–H and O–H groups in total. The number of nitriles is 1. The number of nitrogens with one attached hydrogen (secondary N) is 1. The van der Waals surface area contributed by atoms with Crippen LogP contribution in [-0.2, 0) is 4.79 Å². The monoisotopic (exact) mass is 208 g/mol. The van der Waals surface area contributed by atoms with E-state index in [0.717, 1.165) is 38.5 Å². The average Bonchev–Trinajstić information content (AvgIpc) is 2.69. The quantitative estimate of drug-likeness (QED) is 0.771. The summed E-state index contributed by atoms with van der Waals surface area (Å²) in [5.74, 6) is 0.124. The van der Waals surface area contributed by atoms with E-state index in [4.69, 9.17) is 5.26 Å². The second-order valence-electron chi connectivity index (χ2n) is 4.40. The van der Waals surface area contributed by atoms with Gasteiger partial charge in [-0.25, -0.2) is 0 Å². The molecule has 1 amide bonds. The molecule has 0 saturated heterocycles. The minimum Gasteiger partial charge on any atom is -0.338 e. The van der Waals surface area contributed by atoms with Crippen molar-refractivity contribution in [3.8, 4) is 6.07 Å². The van der Waals surface area contributed by atoms with E-state index in [1.807, 2.05) is 13.8 Å². The summed E-state index contributed by atoms with van der Waals surface area (Å²) < 4.78 is 0. The number of nitrogens with zero attached hydrogens (tertiary/aromatic N) is 1. The molecule has 1 fully saturated rings. The first-order valence-corrected chi connectivity index (χ1v) is 5.90. The number of hydrogen-bond acceptors (Lipinski definition) is 2. The zero-order valence-electron chi connectivity index (χ0n) is 9.68. The van der Waals surface area contributed by atoms with Crippen molar-refractivity contribution >= 4 is 5.91 Å². The van der Waals surface area contributed by atoms with Crippen LogP contribution in [0.2, 0.25) is 0 Å². The zero-order chi connectivity index (χ0) is 11.3. The predicted octanol–water partition coefficient (Wildman–Crippen LogP) is 2.38. The third-order valence-electron chi connectivity index (χ3n) is 3.39. The van der Waals surface area contributed by atoms with Gasteiger partial charge in [-0.1, -0.05) is 13.8 Å². The summed E-state index contributed by atoms with van der Waals surface area (Å²) in [6.45, 7) is 4.03. The molecule has 1 saturated carbocycles. The van der Waals surface area contributed by atoms with Gasteiger partial charge in [0.2, 0.25) is 5.91 Å². The van der Waals surface area contributed by atoms with Crippen LogP contribution in [0, 0.1) is 17.2 Å². The van der Waals surface area contributed by atoms with Gasteiger partial charge in [0.05, 0.1) is 6.07 Å². The van der Waals surface area contributed by atoms with Gasteiger partial charge >= 0.3 is 0 Å². The van der Waals surface area contributed by atoms with Crippen molar-refractivity contribution in [2.75, 3.05) is 0 Å². The summed E-state index contributed by atoms with van der Waals surface area (Å²) in [4.78, 5) is 11.9. The lowest BCUT2D eigenvalue weighted by Crippen LogP contribution is -2.47. The Morgan fingerprint density at radius 3 is 2.33 bits per heavy atom. The van der Waals surface area contributed by atoms with E-state index in [1.54, 1.807) is 0 Å². The topological polar surface area (TPSA) is 52.9 Å². The van der Waals surface area contributed by atoms with Crippen LogP contribution in [0.4, 0.5) is 0 Å². The van der Waals surface area contributed by atoms with Crippen molar-refractivity contribution in [2.45, 2.75) is 57.9 Å². The lowest BCUT2D eigenvalue weighted by Gasteiger charge is -2.24. The summed E-state index contributed by atoms with van der Waals surface area (Å²) >= 11 is 0. The van der Waals surface area contributed by atoms with E-state index >= 15 is 0 Å². The Labute approximate surface area is 91.9 Å². The summed E-state index contributed by atoms with van der Waals surface area (Å²) in [6, 6.07) is 2.28. The Morgan fingerprint density at radius 2 is 1.93 bits per heavy atom. The number of amides is 1. The van der Waals surface area contributed by atoms with E-state index in [1.165, 1.54) is 0 Å². The number of rotatable bonds is 4. The molecule has 0 atom stereocenters. The summed E-state index contributed by atoms with van der Waals surface area (Å²) in [7, 11) is 0. The van der Waals surface area contributed by atoms with Gasteiger partial charge in [-0.3, -0.25) is 4.79 Å².